The lowest BCUT2D eigenvalue weighted by Crippen LogP contribution is -2.08. The normalized spacial score (nSPS) is 9.94. The highest BCUT2D eigenvalue weighted by molar-refractivity contribution is 5.93. The molecule has 0 atom stereocenters. The fourth-order valence-corrected chi connectivity index (χ4v) is 1.49. The van der Waals surface area contributed by atoms with Crippen LogP contribution < -0.4 is 10.5 Å². The molecular formula is C12H17NO3. The molecule has 1 rings (SSSR count). The zero-order chi connectivity index (χ0) is 12.1. The van der Waals surface area contributed by atoms with E-state index < -0.39 is 5.97 Å². The minimum Gasteiger partial charge on any atom is -0.493 e. The van der Waals surface area contributed by atoms with Gasteiger partial charge in [-0.05, 0) is 25.0 Å². The lowest BCUT2D eigenvalue weighted by Gasteiger charge is -2.12. The molecule has 0 amide bonds. The van der Waals surface area contributed by atoms with Crippen LogP contribution in [0.5, 0.6) is 5.75 Å². The van der Waals surface area contributed by atoms with Gasteiger partial charge in [0.1, 0.15) is 11.3 Å². The van der Waals surface area contributed by atoms with Crippen molar-refractivity contribution in [3.8, 4) is 5.75 Å². The summed E-state index contributed by atoms with van der Waals surface area (Å²) in [4.78, 5) is 11.5. The van der Waals surface area contributed by atoms with E-state index >= 15 is 0 Å². The number of rotatable bonds is 4. The van der Waals surface area contributed by atoms with Crippen LogP contribution in [0.15, 0.2) is 12.1 Å². The zero-order valence-electron chi connectivity index (χ0n) is 9.87. The number of methoxy groups -OCH3 is 1. The SMILES string of the molecule is CCOc1cc(N)c(CC)cc1C(=O)OC. The Balaban J connectivity index is 3.24. The van der Waals surface area contributed by atoms with Crippen molar-refractivity contribution >= 4 is 11.7 Å². The molecule has 0 bridgehead atoms. The summed E-state index contributed by atoms with van der Waals surface area (Å²) in [6.45, 7) is 4.31. The van der Waals surface area contributed by atoms with Crippen molar-refractivity contribution in [2.45, 2.75) is 20.3 Å². The van der Waals surface area contributed by atoms with Gasteiger partial charge in [0.2, 0.25) is 0 Å². The van der Waals surface area contributed by atoms with Gasteiger partial charge >= 0.3 is 5.97 Å². The Labute approximate surface area is 95.3 Å². The van der Waals surface area contributed by atoms with Crippen molar-refractivity contribution < 1.29 is 14.3 Å². The average Bonchev–Trinajstić information content (AvgIpc) is 2.29. The van der Waals surface area contributed by atoms with Crippen molar-refractivity contribution in [1.82, 2.24) is 0 Å². The molecule has 0 aliphatic rings. The number of benzene rings is 1. The summed E-state index contributed by atoms with van der Waals surface area (Å²) in [6.07, 6.45) is 0.766. The Morgan fingerprint density at radius 3 is 2.56 bits per heavy atom. The Morgan fingerprint density at radius 2 is 2.06 bits per heavy atom. The highest BCUT2D eigenvalue weighted by atomic mass is 16.5. The van der Waals surface area contributed by atoms with Crippen LogP contribution in [0.1, 0.15) is 29.8 Å². The average molecular weight is 223 g/mol. The topological polar surface area (TPSA) is 61.5 Å². The lowest BCUT2D eigenvalue weighted by molar-refractivity contribution is 0.0596. The van der Waals surface area contributed by atoms with Gasteiger partial charge in [0.15, 0.2) is 0 Å². The van der Waals surface area contributed by atoms with Crippen LogP contribution in [0.4, 0.5) is 5.69 Å². The quantitative estimate of drug-likeness (QED) is 0.626. The summed E-state index contributed by atoms with van der Waals surface area (Å²) in [5, 5.41) is 0. The molecule has 0 heterocycles. The van der Waals surface area contributed by atoms with Gasteiger partial charge in [-0.15, -0.1) is 0 Å². The number of hydrogen-bond acceptors (Lipinski definition) is 4. The molecule has 4 heteroatoms. The first-order chi connectivity index (χ1) is 7.63. The maximum absolute atomic E-state index is 11.5. The summed E-state index contributed by atoms with van der Waals surface area (Å²) < 4.78 is 10.1. The molecule has 0 unspecified atom stereocenters. The zero-order valence-corrected chi connectivity index (χ0v) is 9.87. The van der Waals surface area contributed by atoms with E-state index in [1.54, 1.807) is 12.1 Å². The van der Waals surface area contributed by atoms with E-state index in [4.69, 9.17) is 15.2 Å². The molecule has 16 heavy (non-hydrogen) atoms. The molecule has 0 saturated heterocycles. The predicted octanol–water partition coefficient (Wildman–Crippen LogP) is 2.02. The number of nitrogen functional groups attached to an aromatic ring is 1. The summed E-state index contributed by atoms with van der Waals surface area (Å²) in [5.41, 5.74) is 7.82. The summed E-state index contributed by atoms with van der Waals surface area (Å²) in [5.74, 6) is 0.0715. The van der Waals surface area contributed by atoms with Gasteiger partial charge < -0.3 is 15.2 Å². The highest BCUT2D eigenvalue weighted by Gasteiger charge is 2.15. The van der Waals surface area contributed by atoms with Gasteiger partial charge in [-0.1, -0.05) is 6.92 Å². The standard InChI is InChI=1S/C12H17NO3/c1-4-8-6-9(12(14)15-3)11(16-5-2)7-10(8)13/h6-7H,4-5,13H2,1-3H3. The fraction of sp³-hybridized carbons (Fsp3) is 0.417. The number of ether oxygens (including phenoxy) is 2. The Morgan fingerprint density at radius 1 is 1.38 bits per heavy atom. The highest BCUT2D eigenvalue weighted by Crippen LogP contribution is 2.26. The number of carbonyl (C=O) groups excluding carboxylic acids is 1. The maximum atomic E-state index is 11.5. The Hall–Kier alpha value is -1.71. The van der Waals surface area contributed by atoms with Crippen molar-refractivity contribution in [3.63, 3.8) is 0 Å². The molecule has 88 valence electrons. The van der Waals surface area contributed by atoms with Crippen molar-refractivity contribution in [2.75, 3.05) is 19.5 Å². The largest absolute Gasteiger partial charge is 0.493 e. The van der Waals surface area contributed by atoms with E-state index in [0.29, 0.717) is 23.6 Å². The molecule has 1 aromatic rings. The fourth-order valence-electron chi connectivity index (χ4n) is 1.49. The van der Waals surface area contributed by atoms with Crippen LogP contribution >= 0.6 is 0 Å². The molecule has 4 nitrogen and oxygen atoms in total. The van der Waals surface area contributed by atoms with Gasteiger partial charge in [0, 0.05) is 11.8 Å². The van der Waals surface area contributed by atoms with Gasteiger partial charge in [0.25, 0.3) is 0 Å². The molecule has 0 spiro atoms. The van der Waals surface area contributed by atoms with Gasteiger partial charge in [-0.25, -0.2) is 4.79 Å². The third-order valence-electron chi connectivity index (χ3n) is 2.33. The molecule has 2 N–H and O–H groups in total. The van der Waals surface area contributed by atoms with Crippen molar-refractivity contribution in [1.29, 1.82) is 0 Å². The number of aryl methyl sites for hydroxylation is 1. The monoisotopic (exact) mass is 223 g/mol. The second kappa shape index (κ2) is 5.39. The first kappa shape index (κ1) is 12.4. The van der Waals surface area contributed by atoms with E-state index in [1.807, 2.05) is 13.8 Å². The molecule has 0 radical (unpaired) electrons. The Kier molecular flexibility index (Phi) is 4.17. The van der Waals surface area contributed by atoms with E-state index in [0.717, 1.165) is 12.0 Å². The summed E-state index contributed by atoms with van der Waals surface area (Å²) in [6, 6.07) is 3.40. The third kappa shape index (κ3) is 2.45. The van der Waals surface area contributed by atoms with Gasteiger partial charge in [-0.3, -0.25) is 0 Å². The molecule has 0 aliphatic heterocycles. The molecular weight excluding hydrogens is 206 g/mol. The van der Waals surface area contributed by atoms with Crippen molar-refractivity contribution in [3.05, 3.63) is 23.3 Å². The van der Waals surface area contributed by atoms with Gasteiger partial charge in [0.05, 0.1) is 13.7 Å². The first-order valence-electron chi connectivity index (χ1n) is 5.27. The second-order valence-electron chi connectivity index (χ2n) is 3.33. The predicted molar refractivity (Wildman–Crippen MR) is 62.7 cm³/mol. The molecule has 0 saturated carbocycles. The third-order valence-corrected chi connectivity index (χ3v) is 2.33. The minimum absolute atomic E-state index is 0.404. The summed E-state index contributed by atoms with van der Waals surface area (Å²) in [7, 11) is 1.35. The van der Waals surface area contributed by atoms with Crippen LogP contribution in [0.2, 0.25) is 0 Å². The van der Waals surface area contributed by atoms with E-state index in [9.17, 15) is 4.79 Å². The van der Waals surface area contributed by atoms with Crippen LogP contribution in [-0.2, 0) is 11.2 Å². The Bertz CT molecular complexity index is 388. The first-order valence-corrected chi connectivity index (χ1v) is 5.27. The number of esters is 1. The number of anilines is 1. The van der Waals surface area contributed by atoms with E-state index in [-0.39, 0.29) is 0 Å². The molecule has 0 fully saturated rings. The minimum atomic E-state index is -0.404. The lowest BCUT2D eigenvalue weighted by atomic mass is 10.1. The maximum Gasteiger partial charge on any atom is 0.341 e. The van der Waals surface area contributed by atoms with Crippen LogP contribution in [-0.4, -0.2) is 19.7 Å². The number of nitrogens with two attached hydrogens (primary N) is 1. The van der Waals surface area contributed by atoms with E-state index in [2.05, 4.69) is 0 Å². The van der Waals surface area contributed by atoms with Crippen LogP contribution in [0, 0.1) is 0 Å². The second-order valence-corrected chi connectivity index (χ2v) is 3.33. The smallest absolute Gasteiger partial charge is 0.341 e. The molecule has 0 aromatic heterocycles. The number of hydrogen-bond donors (Lipinski definition) is 1. The number of carbonyl (C=O) groups is 1. The van der Waals surface area contributed by atoms with Crippen LogP contribution in [0.25, 0.3) is 0 Å². The van der Waals surface area contributed by atoms with Crippen molar-refractivity contribution in [2.24, 2.45) is 0 Å². The van der Waals surface area contributed by atoms with E-state index in [1.165, 1.54) is 7.11 Å². The van der Waals surface area contributed by atoms with Gasteiger partial charge in [-0.2, -0.15) is 0 Å². The van der Waals surface area contributed by atoms with Crippen LogP contribution in [0.3, 0.4) is 0 Å². The molecule has 1 aromatic carbocycles. The summed E-state index contributed by atoms with van der Waals surface area (Å²) >= 11 is 0. The molecule has 0 aliphatic carbocycles.